The lowest BCUT2D eigenvalue weighted by atomic mass is 10.1. The van der Waals surface area contributed by atoms with Crippen LogP contribution in [0.25, 0.3) is 11.2 Å². The number of nitrogens with zero attached hydrogens (tertiary/aromatic N) is 4. The molecule has 152 valence electrons. The minimum Gasteiger partial charge on any atom is -0.382 e. The largest absolute Gasteiger partial charge is 0.382 e. The molecule has 9 nitrogen and oxygen atoms in total. The predicted molar refractivity (Wildman–Crippen MR) is 108 cm³/mol. The summed E-state index contributed by atoms with van der Waals surface area (Å²) >= 11 is 0. The number of amides is 2. The summed E-state index contributed by atoms with van der Waals surface area (Å²) < 4.78 is 6.79. The molecular weight excluding hydrogens is 360 g/mol. The van der Waals surface area contributed by atoms with Gasteiger partial charge in [0.05, 0.1) is 0 Å². The van der Waals surface area contributed by atoms with Gasteiger partial charge in [0.1, 0.15) is 5.52 Å². The van der Waals surface area contributed by atoms with Gasteiger partial charge in [-0.25, -0.2) is 14.8 Å². The summed E-state index contributed by atoms with van der Waals surface area (Å²) in [5, 5.41) is 5.86. The van der Waals surface area contributed by atoms with Gasteiger partial charge in [0.2, 0.25) is 0 Å². The van der Waals surface area contributed by atoms with Crippen molar-refractivity contribution in [1.29, 1.82) is 0 Å². The first-order valence-corrected chi connectivity index (χ1v) is 9.79. The number of rotatable bonds is 7. The number of nitrogens with one attached hydrogen (secondary N) is 2. The van der Waals surface area contributed by atoms with Gasteiger partial charge in [-0.1, -0.05) is 0 Å². The van der Waals surface area contributed by atoms with Crippen LogP contribution in [0.2, 0.25) is 0 Å². The Hall–Kier alpha value is -2.68. The van der Waals surface area contributed by atoms with Gasteiger partial charge in [0, 0.05) is 52.1 Å². The number of carbonyl (C=O) groups excluding carboxylic acids is 1. The van der Waals surface area contributed by atoms with Gasteiger partial charge < -0.3 is 20.3 Å². The van der Waals surface area contributed by atoms with Crippen LogP contribution in [-0.4, -0.2) is 59.5 Å². The van der Waals surface area contributed by atoms with E-state index in [1.54, 1.807) is 13.2 Å². The van der Waals surface area contributed by atoms with E-state index in [0.717, 1.165) is 19.3 Å². The van der Waals surface area contributed by atoms with Crippen LogP contribution < -0.4 is 21.1 Å². The molecule has 1 saturated heterocycles. The molecule has 1 aliphatic rings. The lowest BCUT2D eigenvalue weighted by molar-refractivity contribution is 0.145. The first kappa shape index (κ1) is 20.1. The van der Waals surface area contributed by atoms with Gasteiger partial charge in [-0.3, -0.25) is 9.36 Å². The minimum absolute atomic E-state index is 0.0918. The molecule has 0 spiro atoms. The lowest BCUT2D eigenvalue weighted by Gasteiger charge is -2.32. The van der Waals surface area contributed by atoms with Crippen LogP contribution >= 0.6 is 0 Å². The van der Waals surface area contributed by atoms with Crippen molar-refractivity contribution in [3.05, 3.63) is 28.7 Å². The van der Waals surface area contributed by atoms with Crippen LogP contribution in [0, 0.1) is 0 Å². The van der Waals surface area contributed by atoms with Gasteiger partial charge >= 0.3 is 6.03 Å². The van der Waals surface area contributed by atoms with Crippen LogP contribution in [0.15, 0.2) is 23.1 Å². The molecule has 9 heteroatoms. The Labute approximate surface area is 164 Å². The van der Waals surface area contributed by atoms with Gasteiger partial charge in [-0.2, -0.15) is 0 Å². The van der Waals surface area contributed by atoms with Crippen molar-refractivity contribution in [2.24, 2.45) is 7.05 Å². The van der Waals surface area contributed by atoms with Gasteiger partial charge in [-0.05, 0) is 38.3 Å². The molecule has 1 fully saturated rings. The van der Waals surface area contributed by atoms with E-state index < -0.39 is 0 Å². The number of carbonyl (C=O) groups is 1. The van der Waals surface area contributed by atoms with Crippen molar-refractivity contribution < 1.29 is 9.53 Å². The van der Waals surface area contributed by atoms with Crippen molar-refractivity contribution in [3.63, 3.8) is 0 Å². The Bertz CT molecular complexity index is 860. The van der Waals surface area contributed by atoms with E-state index in [2.05, 4.69) is 20.6 Å². The maximum atomic E-state index is 12.7. The fraction of sp³-hybridized carbons (Fsp3) is 0.579. The number of aryl methyl sites for hydroxylation is 1. The SMILES string of the molecule is CCOCCCNC(=O)NC1CCN(c2nc3cccnc3n(C)c2=O)CC1. The van der Waals surface area contributed by atoms with Crippen LogP contribution in [0.3, 0.4) is 0 Å². The third-order valence-corrected chi connectivity index (χ3v) is 4.89. The highest BCUT2D eigenvalue weighted by Gasteiger charge is 2.24. The molecule has 2 aromatic rings. The Kier molecular flexibility index (Phi) is 6.80. The molecule has 0 radical (unpaired) electrons. The number of pyridine rings is 1. The Morgan fingerprint density at radius 2 is 2.14 bits per heavy atom. The highest BCUT2D eigenvalue weighted by Crippen LogP contribution is 2.17. The first-order valence-electron chi connectivity index (χ1n) is 9.79. The molecule has 2 amide bonds. The number of urea groups is 1. The fourth-order valence-corrected chi connectivity index (χ4v) is 3.34. The lowest BCUT2D eigenvalue weighted by Crippen LogP contribution is -2.49. The summed E-state index contributed by atoms with van der Waals surface area (Å²) in [4.78, 5) is 35.4. The minimum atomic E-state index is -0.152. The van der Waals surface area contributed by atoms with Crippen molar-refractivity contribution in [3.8, 4) is 0 Å². The molecule has 3 heterocycles. The molecule has 0 atom stereocenters. The molecule has 1 aliphatic heterocycles. The summed E-state index contributed by atoms with van der Waals surface area (Å²) in [5.41, 5.74) is 1.13. The second-order valence-electron chi connectivity index (χ2n) is 6.86. The second kappa shape index (κ2) is 9.50. The van der Waals surface area contributed by atoms with Crippen molar-refractivity contribution in [2.45, 2.75) is 32.2 Å². The standard InChI is InChI=1S/C19H28N6O3/c1-3-28-13-5-10-21-19(27)22-14-7-11-25(12-8-14)17-18(26)24(2)16-15(23-17)6-4-9-20-16/h4,6,9,14H,3,5,7-8,10-13H2,1-2H3,(H2,21,22,27). The van der Waals surface area contributed by atoms with Crippen LogP contribution in [0.4, 0.5) is 10.6 Å². The molecule has 0 aromatic carbocycles. The predicted octanol–water partition coefficient (Wildman–Crippen LogP) is 1.02. The van der Waals surface area contributed by atoms with E-state index >= 15 is 0 Å². The quantitative estimate of drug-likeness (QED) is 0.687. The molecule has 3 rings (SSSR count). The molecule has 2 aromatic heterocycles. The average Bonchev–Trinajstić information content (AvgIpc) is 2.71. The number of piperidine rings is 1. The van der Waals surface area contributed by atoms with Crippen LogP contribution in [-0.2, 0) is 11.8 Å². The Morgan fingerprint density at radius 1 is 1.36 bits per heavy atom. The van der Waals surface area contributed by atoms with E-state index in [4.69, 9.17) is 4.74 Å². The van der Waals surface area contributed by atoms with Gasteiger partial charge in [-0.15, -0.1) is 0 Å². The Morgan fingerprint density at radius 3 is 2.89 bits per heavy atom. The fourth-order valence-electron chi connectivity index (χ4n) is 3.34. The van der Waals surface area contributed by atoms with E-state index in [-0.39, 0.29) is 17.6 Å². The maximum Gasteiger partial charge on any atom is 0.315 e. The molecule has 0 saturated carbocycles. The number of hydrogen-bond donors (Lipinski definition) is 2. The first-order chi connectivity index (χ1) is 13.6. The van der Waals surface area contributed by atoms with E-state index in [1.807, 2.05) is 24.0 Å². The molecule has 0 unspecified atom stereocenters. The molecular formula is C19H28N6O3. The summed E-state index contributed by atoms with van der Waals surface area (Å²) in [5.74, 6) is 0.446. The zero-order valence-electron chi connectivity index (χ0n) is 16.5. The monoisotopic (exact) mass is 388 g/mol. The van der Waals surface area contributed by atoms with Crippen molar-refractivity contribution in [2.75, 3.05) is 37.7 Å². The average molecular weight is 388 g/mol. The van der Waals surface area contributed by atoms with E-state index in [1.165, 1.54) is 4.57 Å². The van der Waals surface area contributed by atoms with Crippen LogP contribution in [0.5, 0.6) is 0 Å². The van der Waals surface area contributed by atoms with E-state index in [0.29, 0.717) is 49.8 Å². The highest BCUT2D eigenvalue weighted by molar-refractivity contribution is 5.74. The molecule has 0 aliphatic carbocycles. The van der Waals surface area contributed by atoms with Crippen LogP contribution in [0.1, 0.15) is 26.2 Å². The highest BCUT2D eigenvalue weighted by atomic mass is 16.5. The van der Waals surface area contributed by atoms with Crippen molar-refractivity contribution in [1.82, 2.24) is 25.2 Å². The zero-order chi connectivity index (χ0) is 19.9. The second-order valence-corrected chi connectivity index (χ2v) is 6.86. The summed E-state index contributed by atoms with van der Waals surface area (Å²) in [7, 11) is 1.72. The van der Waals surface area contributed by atoms with Crippen molar-refractivity contribution >= 4 is 23.0 Å². The number of fused-ring (bicyclic) bond motifs is 1. The molecule has 28 heavy (non-hydrogen) atoms. The van der Waals surface area contributed by atoms with E-state index in [9.17, 15) is 9.59 Å². The summed E-state index contributed by atoms with van der Waals surface area (Å²) in [6.45, 7) is 5.23. The number of aromatic nitrogens is 3. The summed E-state index contributed by atoms with van der Waals surface area (Å²) in [6, 6.07) is 3.61. The summed E-state index contributed by atoms with van der Waals surface area (Å²) in [6.07, 6.45) is 3.98. The number of hydrogen-bond acceptors (Lipinski definition) is 6. The zero-order valence-corrected chi connectivity index (χ0v) is 16.5. The number of anilines is 1. The smallest absolute Gasteiger partial charge is 0.315 e. The maximum absolute atomic E-state index is 12.7. The van der Waals surface area contributed by atoms with Gasteiger partial charge in [0.15, 0.2) is 11.5 Å². The molecule has 0 bridgehead atoms. The Balaban J connectivity index is 1.53. The normalized spacial score (nSPS) is 15.0. The topological polar surface area (TPSA) is 101 Å². The third kappa shape index (κ3) is 4.78. The molecule has 2 N–H and O–H groups in total. The van der Waals surface area contributed by atoms with Gasteiger partial charge in [0.25, 0.3) is 5.56 Å². The third-order valence-electron chi connectivity index (χ3n) is 4.89. The number of ether oxygens (including phenoxy) is 1.